The van der Waals surface area contributed by atoms with E-state index in [1.165, 1.54) is 16.3 Å². The minimum Gasteiger partial charge on any atom is -0.337 e. The van der Waals surface area contributed by atoms with Crippen LogP contribution in [0.2, 0.25) is 0 Å². The van der Waals surface area contributed by atoms with Gasteiger partial charge in [0.1, 0.15) is 10.8 Å². The monoisotopic (exact) mass is 362 g/mol. The van der Waals surface area contributed by atoms with Crippen LogP contribution in [-0.2, 0) is 0 Å². The van der Waals surface area contributed by atoms with Gasteiger partial charge in [-0.2, -0.15) is 4.68 Å². The summed E-state index contributed by atoms with van der Waals surface area (Å²) in [6.07, 6.45) is 0. The van der Waals surface area contributed by atoms with E-state index < -0.39 is 0 Å². The lowest BCUT2D eigenvalue weighted by molar-refractivity contribution is 0.757. The van der Waals surface area contributed by atoms with Crippen molar-refractivity contribution in [2.45, 2.75) is 5.16 Å². The number of nitrogens with zero attached hydrogens (tertiary/aromatic N) is 5. The first-order valence-corrected chi connectivity index (χ1v) is 8.68. The molecule has 2 aromatic carbocycles. The number of benzene rings is 2. The fourth-order valence-corrected chi connectivity index (χ4v) is 3.24. The standard InChI is InChI=1S/C18H14N6OS/c1-13-19-16(17(25)23(13)14-8-4-2-5-9-14)12-26-18-20-21-22-24(18)15-10-6-3-7-11-15/h2-12,19H,1H2. The Bertz CT molecular complexity index is 1190. The van der Waals surface area contributed by atoms with Gasteiger partial charge in [-0.3, -0.25) is 9.36 Å². The molecule has 2 aromatic heterocycles. The minimum atomic E-state index is -0.174. The Kier molecular flexibility index (Phi) is 4.24. The molecule has 4 rings (SSSR count). The van der Waals surface area contributed by atoms with Crippen LogP contribution in [0.3, 0.4) is 0 Å². The Hall–Kier alpha value is -3.39. The Balaban J connectivity index is 1.71. The lowest BCUT2D eigenvalue weighted by Crippen LogP contribution is -2.29. The average molecular weight is 362 g/mol. The van der Waals surface area contributed by atoms with E-state index in [2.05, 4.69) is 27.1 Å². The topological polar surface area (TPSA) is 81.4 Å². The highest BCUT2D eigenvalue weighted by Crippen LogP contribution is 2.18. The third-order valence-corrected chi connectivity index (χ3v) is 4.54. The summed E-state index contributed by atoms with van der Waals surface area (Å²) in [6.45, 7) is 3.92. The van der Waals surface area contributed by atoms with Crippen LogP contribution in [0.4, 0.5) is 0 Å². The van der Waals surface area contributed by atoms with Crippen LogP contribution >= 0.6 is 11.8 Å². The summed E-state index contributed by atoms with van der Waals surface area (Å²) in [4.78, 5) is 15.7. The summed E-state index contributed by atoms with van der Waals surface area (Å²) >= 11 is 1.26. The van der Waals surface area contributed by atoms with Crippen molar-refractivity contribution in [2.24, 2.45) is 0 Å². The van der Waals surface area contributed by atoms with Crippen molar-refractivity contribution >= 4 is 23.7 Å². The van der Waals surface area contributed by atoms with Crippen LogP contribution in [0, 0.1) is 0 Å². The summed E-state index contributed by atoms with van der Waals surface area (Å²) < 4.78 is 3.15. The van der Waals surface area contributed by atoms with E-state index in [1.807, 2.05) is 60.7 Å². The number of hydrogen-bond acceptors (Lipinski definition) is 5. The highest BCUT2D eigenvalue weighted by atomic mass is 32.2. The predicted molar refractivity (Wildman–Crippen MR) is 101 cm³/mol. The molecule has 128 valence electrons. The van der Waals surface area contributed by atoms with Crippen molar-refractivity contribution in [1.29, 1.82) is 0 Å². The number of aromatic amines is 1. The third kappa shape index (κ3) is 2.98. The first kappa shape index (κ1) is 16.1. The molecule has 8 heteroatoms. The molecule has 0 atom stereocenters. The Labute approximate surface area is 152 Å². The molecule has 0 bridgehead atoms. The molecule has 0 aliphatic carbocycles. The van der Waals surface area contributed by atoms with Crippen LogP contribution in [0.5, 0.6) is 0 Å². The van der Waals surface area contributed by atoms with Crippen molar-refractivity contribution in [3.63, 3.8) is 0 Å². The molecule has 4 aromatic rings. The zero-order valence-corrected chi connectivity index (χ0v) is 14.4. The van der Waals surface area contributed by atoms with Crippen molar-refractivity contribution < 1.29 is 0 Å². The molecule has 0 aliphatic heterocycles. The zero-order valence-electron chi connectivity index (χ0n) is 13.6. The van der Waals surface area contributed by atoms with Gasteiger partial charge in [-0.25, -0.2) is 0 Å². The van der Waals surface area contributed by atoms with Gasteiger partial charge in [-0.1, -0.05) is 54.7 Å². The lowest BCUT2D eigenvalue weighted by atomic mass is 10.3. The summed E-state index contributed by atoms with van der Waals surface area (Å²) in [5.41, 5.74) is 1.94. The minimum absolute atomic E-state index is 0.174. The molecule has 0 unspecified atom stereocenters. The number of hydrogen-bond donors (Lipinski definition) is 1. The van der Waals surface area contributed by atoms with Gasteiger partial charge in [0.25, 0.3) is 5.56 Å². The Morgan fingerprint density at radius 2 is 1.65 bits per heavy atom. The van der Waals surface area contributed by atoms with Crippen LogP contribution in [0.1, 0.15) is 0 Å². The van der Waals surface area contributed by atoms with Gasteiger partial charge in [0.05, 0.1) is 11.4 Å². The first-order chi connectivity index (χ1) is 12.7. The maximum absolute atomic E-state index is 12.7. The maximum atomic E-state index is 12.7. The Morgan fingerprint density at radius 3 is 2.35 bits per heavy atom. The molecule has 0 saturated carbocycles. The predicted octanol–water partition coefficient (Wildman–Crippen LogP) is 1.08. The number of H-pyrrole nitrogens is 1. The van der Waals surface area contributed by atoms with Crippen LogP contribution in [0.25, 0.3) is 23.4 Å². The van der Waals surface area contributed by atoms with E-state index in [1.54, 1.807) is 10.1 Å². The quantitative estimate of drug-likeness (QED) is 0.550. The summed E-state index contributed by atoms with van der Waals surface area (Å²) in [5.74, 6) is 0. The molecule has 0 aliphatic rings. The fraction of sp³-hybridized carbons (Fsp3) is 0. The van der Waals surface area contributed by atoms with E-state index >= 15 is 0 Å². The second-order valence-electron chi connectivity index (χ2n) is 5.41. The van der Waals surface area contributed by atoms with Crippen molar-refractivity contribution in [1.82, 2.24) is 29.8 Å². The molecule has 1 N–H and O–H groups in total. The van der Waals surface area contributed by atoms with Crippen molar-refractivity contribution in [2.75, 3.05) is 0 Å². The number of tetrazole rings is 1. The van der Waals surface area contributed by atoms with Crippen molar-refractivity contribution in [3.05, 3.63) is 81.8 Å². The molecule has 0 amide bonds. The molecule has 2 heterocycles. The number of para-hydroxylation sites is 2. The normalized spacial score (nSPS) is 11.8. The second-order valence-corrected chi connectivity index (χ2v) is 6.24. The summed E-state index contributed by atoms with van der Waals surface area (Å²) in [6, 6.07) is 18.9. The molecule has 26 heavy (non-hydrogen) atoms. The van der Waals surface area contributed by atoms with Gasteiger partial charge in [-0.05, 0) is 34.7 Å². The number of rotatable bonds is 4. The highest BCUT2D eigenvalue weighted by molar-refractivity contribution is 8.06. The van der Waals surface area contributed by atoms with Crippen LogP contribution < -0.4 is 16.4 Å². The molecule has 0 spiro atoms. The second kappa shape index (κ2) is 6.85. The highest BCUT2D eigenvalue weighted by Gasteiger charge is 2.09. The van der Waals surface area contributed by atoms with E-state index in [0.29, 0.717) is 16.0 Å². The van der Waals surface area contributed by atoms with Gasteiger partial charge in [0.15, 0.2) is 0 Å². The third-order valence-electron chi connectivity index (χ3n) is 3.72. The van der Waals surface area contributed by atoms with E-state index in [4.69, 9.17) is 0 Å². The molecule has 0 radical (unpaired) electrons. The van der Waals surface area contributed by atoms with E-state index in [-0.39, 0.29) is 5.56 Å². The zero-order chi connectivity index (χ0) is 17.9. The lowest BCUT2D eigenvalue weighted by Gasteiger charge is -2.00. The first-order valence-electron chi connectivity index (χ1n) is 7.80. The van der Waals surface area contributed by atoms with Crippen LogP contribution in [0.15, 0.2) is 70.6 Å². The SMILES string of the molecule is C=c1[nH]c(=CSc2nnnn2-c2ccccc2)c(=O)n1-c1ccccc1. The smallest absolute Gasteiger partial charge is 0.280 e. The van der Waals surface area contributed by atoms with E-state index in [9.17, 15) is 4.79 Å². The number of aromatic nitrogens is 6. The molecular weight excluding hydrogens is 348 g/mol. The van der Waals surface area contributed by atoms with Gasteiger partial charge >= 0.3 is 0 Å². The Morgan fingerprint density at radius 1 is 1.00 bits per heavy atom. The molecule has 0 fully saturated rings. The average Bonchev–Trinajstić information content (AvgIpc) is 3.25. The summed E-state index contributed by atoms with van der Waals surface area (Å²) in [7, 11) is 0. The molecular formula is C18H14N6OS. The fourth-order valence-electron chi connectivity index (χ4n) is 2.53. The maximum Gasteiger partial charge on any atom is 0.280 e. The number of imidazole rings is 1. The summed E-state index contributed by atoms with van der Waals surface area (Å²) in [5, 5.41) is 14.4. The van der Waals surface area contributed by atoms with Crippen LogP contribution in [-0.4, -0.2) is 29.8 Å². The van der Waals surface area contributed by atoms with Gasteiger partial charge < -0.3 is 4.98 Å². The number of thioether (sulfide) groups is 1. The molecule has 0 saturated heterocycles. The molecule has 7 nitrogen and oxygen atoms in total. The number of nitrogens with one attached hydrogen (secondary N) is 1. The van der Waals surface area contributed by atoms with E-state index in [0.717, 1.165) is 11.4 Å². The van der Waals surface area contributed by atoms with Gasteiger partial charge in [0, 0.05) is 5.41 Å². The van der Waals surface area contributed by atoms with Gasteiger partial charge in [0.2, 0.25) is 5.16 Å². The van der Waals surface area contributed by atoms with Gasteiger partial charge in [-0.15, -0.1) is 5.10 Å². The largest absolute Gasteiger partial charge is 0.337 e. The van der Waals surface area contributed by atoms with Crippen molar-refractivity contribution in [3.8, 4) is 11.4 Å².